The second kappa shape index (κ2) is 8.08. The van der Waals surface area contributed by atoms with Crippen molar-refractivity contribution in [3.63, 3.8) is 0 Å². The van der Waals surface area contributed by atoms with Crippen molar-refractivity contribution in [3.8, 4) is 5.75 Å². The second-order valence-electron chi connectivity index (χ2n) is 6.34. The Balaban J connectivity index is 1.83. The van der Waals surface area contributed by atoms with Gasteiger partial charge >= 0.3 is 0 Å². The monoisotopic (exact) mass is 390 g/mol. The van der Waals surface area contributed by atoms with E-state index < -0.39 is 22.0 Å². The van der Waals surface area contributed by atoms with Crippen LogP contribution in [-0.4, -0.2) is 50.0 Å². The maximum absolute atomic E-state index is 12.8. The third kappa shape index (κ3) is 4.29. The van der Waals surface area contributed by atoms with Gasteiger partial charge in [0.25, 0.3) is 5.91 Å². The zero-order valence-corrected chi connectivity index (χ0v) is 15.8. The van der Waals surface area contributed by atoms with E-state index in [0.717, 1.165) is 0 Å². The van der Waals surface area contributed by atoms with Crippen LogP contribution in [-0.2, 0) is 10.0 Å². The molecule has 1 aliphatic heterocycles. The first kappa shape index (κ1) is 19.3. The molecule has 2 N–H and O–H groups in total. The Bertz CT molecular complexity index is 929. The highest BCUT2D eigenvalue weighted by molar-refractivity contribution is 7.89. The third-order valence-corrected chi connectivity index (χ3v) is 6.31. The molecule has 1 fully saturated rings. The first-order chi connectivity index (χ1) is 12.9. The molecule has 27 heavy (non-hydrogen) atoms. The molecule has 0 unspecified atom stereocenters. The smallest absolute Gasteiger partial charge is 0.255 e. The minimum Gasteiger partial charge on any atom is -0.495 e. The number of para-hydroxylation sites is 2. The van der Waals surface area contributed by atoms with Crippen molar-refractivity contribution < 1.29 is 23.1 Å². The molecular weight excluding hydrogens is 368 g/mol. The number of aliphatic hydroxyl groups is 1. The number of hydrogen-bond acceptors (Lipinski definition) is 5. The summed E-state index contributed by atoms with van der Waals surface area (Å²) in [7, 11) is -2.26. The van der Waals surface area contributed by atoms with Crippen molar-refractivity contribution in [1.82, 2.24) is 4.31 Å². The number of amides is 1. The number of hydrogen-bond donors (Lipinski definition) is 2. The van der Waals surface area contributed by atoms with E-state index in [0.29, 0.717) is 30.8 Å². The lowest BCUT2D eigenvalue weighted by molar-refractivity contribution is 0.102. The van der Waals surface area contributed by atoms with Crippen molar-refractivity contribution in [2.45, 2.75) is 23.8 Å². The SMILES string of the molecule is COc1ccccc1NC(=O)c1cccc(S(=O)(=O)N2CCC[C@@H](O)C2)c1. The minimum absolute atomic E-state index is 0.0317. The van der Waals surface area contributed by atoms with Crippen LogP contribution in [0, 0.1) is 0 Å². The van der Waals surface area contributed by atoms with Crippen LogP contribution in [0.15, 0.2) is 53.4 Å². The quantitative estimate of drug-likeness (QED) is 0.815. The molecule has 1 aliphatic rings. The molecule has 1 amide bonds. The van der Waals surface area contributed by atoms with Crippen LogP contribution in [0.2, 0.25) is 0 Å². The molecule has 3 rings (SSSR count). The number of β-amino-alcohol motifs (C(OH)–C–C–N with tert-alkyl or cyclic N) is 1. The van der Waals surface area contributed by atoms with E-state index >= 15 is 0 Å². The van der Waals surface area contributed by atoms with Gasteiger partial charge in [0.05, 0.1) is 23.8 Å². The summed E-state index contributed by atoms with van der Waals surface area (Å²) >= 11 is 0. The number of aliphatic hydroxyl groups excluding tert-OH is 1. The zero-order chi connectivity index (χ0) is 19.4. The number of carbonyl (C=O) groups excluding carboxylic acids is 1. The van der Waals surface area contributed by atoms with Crippen molar-refractivity contribution in [1.29, 1.82) is 0 Å². The molecule has 0 radical (unpaired) electrons. The fourth-order valence-electron chi connectivity index (χ4n) is 3.03. The van der Waals surface area contributed by atoms with E-state index in [1.807, 2.05) is 0 Å². The zero-order valence-electron chi connectivity index (χ0n) is 15.0. The van der Waals surface area contributed by atoms with Crippen molar-refractivity contribution >= 4 is 21.6 Å². The van der Waals surface area contributed by atoms with E-state index in [9.17, 15) is 18.3 Å². The number of nitrogens with zero attached hydrogens (tertiary/aromatic N) is 1. The summed E-state index contributed by atoms with van der Waals surface area (Å²) in [4.78, 5) is 12.6. The maximum atomic E-state index is 12.8. The van der Waals surface area contributed by atoms with Gasteiger partial charge in [0.15, 0.2) is 0 Å². The Morgan fingerprint density at radius 3 is 2.74 bits per heavy atom. The van der Waals surface area contributed by atoms with Gasteiger partial charge in [-0.05, 0) is 43.2 Å². The predicted molar refractivity (Wildman–Crippen MR) is 101 cm³/mol. The molecule has 144 valence electrons. The molecule has 2 aromatic rings. The summed E-state index contributed by atoms with van der Waals surface area (Å²) < 4.78 is 32.1. The molecule has 7 nitrogen and oxygen atoms in total. The molecule has 0 spiro atoms. The summed E-state index contributed by atoms with van der Waals surface area (Å²) in [5.41, 5.74) is 0.719. The van der Waals surface area contributed by atoms with E-state index in [2.05, 4.69) is 5.32 Å². The van der Waals surface area contributed by atoms with Crippen LogP contribution in [0.1, 0.15) is 23.2 Å². The van der Waals surface area contributed by atoms with Crippen LogP contribution in [0.3, 0.4) is 0 Å². The summed E-state index contributed by atoms with van der Waals surface area (Å²) in [6, 6.07) is 12.9. The molecule has 0 saturated carbocycles. The first-order valence-corrected chi connectivity index (χ1v) is 10.1. The van der Waals surface area contributed by atoms with Gasteiger partial charge in [-0.1, -0.05) is 18.2 Å². The standard InChI is InChI=1S/C19H22N2O5S/c1-26-18-10-3-2-9-17(18)20-19(23)14-6-4-8-16(12-14)27(24,25)21-11-5-7-15(22)13-21/h2-4,6,8-10,12,15,22H,5,7,11,13H2,1H3,(H,20,23)/t15-/m1/s1. The largest absolute Gasteiger partial charge is 0.495 e. The third-order valence-electron chi connectivity index (χ3n) is 4.45. The maximum Gasteiger partial charge on any atom is 0.255 e. The summed E-state index contributed by atoms with van der Waals surface area (Å²) in [6.45, 7) is 0.428. The number of sulfonamides is 1. The fourth-order valence-corrected chi connectivity index (χ4v) is 4.59. The summed E-state index contributed by atoms with van der Waals surface area (Å²) in [5, 5.41) is 12.5. The number of nitrogens with one attached hydrogen (secondary N) is 1. The van der Waals surface area contributed by atoms with Crippen molar-refractivity contribution in [2.24, 2.45) is 0 Å². The molecule has 0 aliphatic carbocycles. The highest BCUT2D eigenvalue weighted by atomic mass is 32.2. The van der Waals surface area contributed by atoms with Crippen LogP contribution < -0.4 is 10.1 Å². The first-order valence-electron chi connectivity index (χ1n) is 8.64. The van der Waals surface area contributed by atoms with Gasteiger partial charge in [-0.3, -0.25) is 4.79 Å². The number of benzene rings is 2. The van der Waals surface area contributed by atoms with Gasteiger partial charge in [-0.2, -0.15) is 4.31 Å². The molecule has 1 heterocycles. The van der Waals surface area contributed by atoms with Crippen molar-refractivity contribution in [2.75, 3.05) is 25.5 Å². The Kier molecular flexibility index (Phi) is 5.79. The van der Waals surface area contributed by atoms with Crippen LogP contribution in [0.5, 0.6) is 5.75 Å². The van der Waals surface area contributed by atoms with Crippen molar-refractivity contribution in [3.05, 3.63) is 54.1 Å². The summed E-state index contributed by atoms with van der Waals surface area (Å²) in [5.74, 6) is 0.0761. The molecule has 2 aromatic carbocycles. The molecular formula is C19H22N2O5S. The number of methoxy groups -OCH3 is 1. The molecule has 0 bridgehead atoms. The average Bonchev–Trinajstić information content (AvgIpc) is 2.68. The lowest BCUT2D eigenvalue weighted by Gasteiger charge is -2.29. The van der Waals surface area contributed by atoms with E-state index in [1.54, 1.807) is 30.3 Å². The predicted octanol–water partition coefficient (Wildman–Crippen LogP) is 2.09. The highest BCUT2D eigenvalue weighted by Gasteiger charge is 2.29. The summed E-state index contributed by atoms with van der Waals surface area (Å²) in [6.07, 6.45) is 0.535. The van der Waals surface area contributed by atoms with Gasteiger partial charge in [-0.15, -0.1) is 0 Å². The second-order valence-corrected chi connectivity index (χ2v) is 8.28. The molecule has 1 saturated heterocycles. The number of ether oxygens (including phenoxy) is 1. The number of anilines is 1. The van der Waals surface area contributed by atoms with Gasteiger partial charge in [0.2, 0.25) is 10.0 Å². The molecule has 1 atom stereocenters. The molecule has 8 heteroatoms. The van der Waals surface area contributed by atoms with Crippen LogP contribution in [0.25, 0.3) is 0 Å². The van der Waals surface area contributed by atoms with Crippen LogP contribution in [0.4, 0.5) is 5.69 Å². The van der Waals surface area contributed by atoms with E-state index in [4.69, 9.17) is 4.74 Å². The number of carbonyl (C=O) groups is 1. The highest BCUT2D eigenvalue weighted by Crippen LogP contribution is 2.25. The van der Waals surface area contributed by atoms with Gasteiger partial charge in [0.1, 0.15) is 5.75 Å². The van der Waals surface area contributed by atoms with E-state index in [-0.39, 0.29) is 17.0 Å². The lowest BCUT2D eigenvalue weighted by atomic mass is 10.1. The fraction of sp³-hybridized carbons (Fsp3) is 0.316. The molecule has 0 aromatic heterocycles. The normalized spacial score (nSPS) is 18.1. The Hall–Kier alpha value is -2.42. The topological polar surface area (TPSA) is 95.9 Å². The Morgan fingerprint density at radius 2 is 2.00 bits per heavy atom. The van der Waals surface area contributed by atoms with Gasteiger partial charge < -0.3 is 15.2 Å². The number of rotatable bonds is 5. The average molecular weight is 390 g/mol. The lowest BCUT2D eigenvalue weighted by Crippen LogP contribution is -2.42. The number of piperidine rings is 1. The van der Waals surface area contributed by atoms with Gasteiger partial charge in [0, 0.05) is 18.7 Å². The van der Waals surface area contributed by atoms with Gasteiger partial charge in [-0.25, -0.2) is 8.42 Å². The Morgan fingerprint density at radius 1 is 1.22 bits per heavy atom. The minimum atomic E-state index is -3.77. The van der Waals surface area contributed by atoms with Crippen LogP contribution >= 0.6 is 0 Å². The Labute approximate surface area is 158 Å². The van der Waals surface area contributed by atoms with E-state index in [1.165, 1.54) is 29.6 Å².